The van der Waals surface area contributed by atoms with Gasteiger partial charge in [0.1, 0.15) is 11.2 Å². The summed E-state index contributed by atoms with van der Waals surface area (Å²) in [6.07, 6.45) is 0. The van der Waals surface area contributed by atoms with Crippen LogP contribution in [0.1, 0.15) is 84.0 Å². The van der Waals surface area contributed by atoms with Crippen molar-refractivity contribution in [1.82, 2.24) is 0 Å². The van der Waals surface area contributed by atoms with Crippen molar-refractivity contribution < 1.29 is 8.83 Å². The second kappa shape index (κ2) is 18.4. The second-order valence-corrected chi connectivity index (χ2v) is 24.4. The molecule has 15 aromatic rings. The summed E-state index contributed by atoms with van der Waals surface area (Å²) >= 11 is 0. The zero-order valence-electron chi connectivity index (χ0n) is 48.5. The van der Waals surface area contributed by atoms with Gasteiger partial charge in [-0.2, -0.15) is 0 Å². The van der Waals surface area contributed by atoms with Crippen LogP contribution >= 0.6 is 0 Å². The molecule has 2 heterocycles. The molecule has 1 spiro atoms. The summed E-state index contributed by atoms with van der Waals surface area (Å²) in [5.74, 6) is 0.589. The molecule has 0 saturated carbocycles. The van der Waals surface area contributed by atoms with Gasteiger partial charge in [-0.15, -0.1) is 0 Å². The monoisotopic (exact) mass is 1090 g/mol. The first-order chi connectivity index (χ1) is 41.6. The predicted octanol–water partition coefficient (Wildman–Crippen LogP) is 23.1. The number of fused-ring (bicyclic) bond motifs is 22. The molecule has 2 aromatic heterocycles. The Hall–Kier alpha value is -10.2. The molecule has 0 saturated heterocycles. The van der Waals surface area contributed by atoms with Gasteiger partial charge in [0, 0.05) is 44.3 Å². The smallest absolute Gasteiger partial charge is 0.159 e. The molecule has 406 valence electrons. The number of hydrogen-bond donors (Lipinski definition) is 0. The number of anilines is 6. The normalized spacial score (nSPS) is 13.1. The van der Waals surface area contributed by atoms with Crippen molar-refractivity contribution >= 4 is 110 Å². The fourth-order valence-corrected chi connectivity index (χ4v) is 15.0. The van der Waals surface area contributed by atoms with Gasteiger partial charge in [-0.3, -0.25) is 0 Å². The Balaban J connectivity index is 0.974. The van der Waals surface area contributed by atoms with Crippen molar-refractivity contribution in [1.29, 1.82) is 0 Å². The fourth-order valence-electron chi connectivity index (χ4n) is 15.0. The van der Waals surface area contributed by atoms with E-state index in [1.54, 1.807) is 0 Å². The third-order valence-electron chi connectivity index (χ3n) is 18.9. The number of para-hydroxylation sites is 4. The number of aryl methyl sites for hydroxylation is 2. The molecule has 13 aromatic carbocycles. The summed E-state index contributed by atoms with van der Waals surface area (Å²) < 4.78 is 14.4. The Morgan fingerprint density at radius 1 is 0.282 bits per heavy atom. The Morgan fingerprint density at radius 2 is 0.647 bits per heavy atom. The lowest BCUT2D eigenvalue weighted by atomic mass is 9.70. The van der Waals surface area contributed by atoms with E-state index in [4.69, 9.17) is 8.83 Å². The van der Waals surface area contributed by atoms with Crippen LogP contribution in [0.4, 0.5) is 34.1 Å². The first-order valence-corrected chi connectivity index (χ1v) is 30.0. The standard InChI is InChI=1S/C81H60N2O2/c1-47(2)55-22-13-24-64-66-26-15-29-75(79(66)84-77(55)64)82(51-35-31-49(5)32-36-51)53-39-41-62-63-42-40-54(83(52-37-33-50(6)34-38-52)76-30-16-27-67-65-25-14-23-56(48(3)4)78(65)85-80(67)76)44-73(63)81(72(62)43-53)71-28-12-11-21-61(71)70-45-68-59-19-9-7-17-57(59)58-18-8-10-20-60(58)69(68)46-74(70)81/h7-48H,1-6H3. The molecule has 0 aliphatic heterocycles. The maximum atomic E-state index is 7.18. The van der Waals surface area contributed by atoms with Gasteiger partial charge in [0.05, 0.1) is 16.8 Å². The Labute approximate surface area is 494 Å². The molecule has 2 aliphatic rings. The van der Waals surface area contributed by atoms with E-state index >= 15 is 0 Å². The number of furan rings is 2. The van der Waals surface area contributed by atoms with E-state index in [1.807, 2.05) is 0 Å². The lowest BCUT2D eigenvalue weighted by Gasteiger charge is -2.33. The molecule has 0 radical (unpaired) electrons. The van der Waals surface area contributed by atoms with Crippen molar-refractivity contribution in [3.63, 3.8) is 0 Å². The molecule has 0 atom stereocenters. The molecular weight excluding hydrogens is 1030 g/mol. The van der Waals surface area contributed by atoms with Gasteiger partial charge in [-0.1, -0.05) is 209 Å². The average Bonchev–Trinajstić information content (AvgIpc) is 1.64. The molecule has 0 bridgehead atoms. The minimum Gasteiger partial charge on any atom is -0.454 e. The van der Waals surface area contributed by atoms with E-state index in [2.05, 4.69) is 294 Å². The quantitative estimate of drug-likeness (QED) is 0.142. The molecule has 0 fully saturated rings. The largest absolute Gasteiger partial charge is 0.454 e. The minimum atomic E-state index is -0.767. The molecule has 0 amide bonds. The van der Waals surface area contributed by atoms with E-state index in [-0.39, 0.29) is 0 Å². The summed E-state index contributed by atoms with van der Waals surface area (Å²) in [6.45, 7) is 13.3. The number of rotatable bonds is 8. The van der Waals surface area contributed by atoms with Crippen molar-refractivity contribution in [3.05, 3.63) is 287 Å². The highest BCUT2D eigenvalue weighted by molar-refractivity contribution is 6.26. The van der Waals surface area contributed by atoms with Gasteiger partial charge >= 0.3 is 0 Å². The van der Waals surface area contributed by atoms with Crippen LogP contribution in [0, 0.1) is 13.8 Å². The lowest BCUT2D eigenvalue weighted by Crippen LogP contribution is -2.26. The highest BCUT2D eigenvalue weighted by atomic mass is 16.3. The summed E-state index contributed by atoms with van der Waals surface area (Å²) in [5.41, 5.74) is 23.9. The lowest BCUT2D eigenvalue weighted by molar-refractivity contribution is 0.657. The summed E-state index contributed by atoms with van der Waals surface area (Å²) in [5, 5.41) is 12.0. The maximum Gasteiger partial charge on any atom is 0.159 e. The van der Waals surface area contributed by atoms with Crippen LogP contribution in [0.2, 0.25) is 0 Å². The molecule has 0 N–H and O–H groups in total. The molecule has 4 heteroatoms. The molecule has 0 unspecified atom stereocenters. The van der Waals surface area contributed by atoms with E-state index in [0.717, 1.165) is 78.0 Å². The molecule has 85 heavy (non-hydrogen) atoms. The van der Waals surface area contributed by atoms with E-state index in [9.17, 15) is 0 Å². The van der Waals surface area contributed by atoms with Gasteiger partial charge in [-0.05, 0) is 186 Å². The maximum absolute atomic E-state index is 7.18. The zero-order chi connectivity index (χ0) is 57.0. The van der Waals surface area contributed by atoms with E-state index in [1.165, 1.54) is 99.1 Å². The second-order valence-electron chi connectivity index (χ2n) is 24.4. The van der Waals surface area contributed by atoms with Crippen LogP contribution in [-0.4, -0.2) is 0 Å². The van der Waals surface area contributed by atoms with Gasteiger partial charge in [0.25, 0.3) is 0 Å². The number of benzene rings is 13. The Kier molecular flexibility index (Phi) is 10.7. The van der Waals surface area contributed by atoms with Crippen molar-refractivity contribution in [3.8, 4) is 22.3 Å². The molecular formula is C81H60N2O2. The fraction of sp³-hybridized carbons (Fsp3) is 0.111. The van der Waals surface area contributed by atoms with E-state index in [0.29, 0.717) is 11.8 Å². The topological polar surface area (TPSA) is 32.8 Å². The van der Waals surface area contributed by atoms with Gasteiger partial charge < -0.3 is 18.6 Å². The summed E-state index contributed by atoms with van der Waals surface area (Å²) in [6, 6.07) is 91.2. The van der Waals surface area contributed by atoms with Crippen molar-refractivity contribution in [2.75, 3.05) is 9.80 Å². The molecule has 17 rings (SSSR count). The first-order valence-electron chi connectivity index (χ1n) is 30.0. The SMILES string of the molecule is Cc1ccc(N(c2ccc3c(c2)C2(c4ccccc4-c4cc5c6ccccc6c6ccccc6c5cc42)c2cc(N(c4ccc(C)cc4)c4cccc5c4oc4c(C(C)C)cccc45)ccc2-3)c2cccc3c2oc2c(C(C)C)cccc23)cc1. The van der Waals surface area contributed by atoms with Crippen LogP contribution < -0.4 is 9.80 Å². The predicted molar refractivity (Wildman–Crippen MR) is 357 cm³/mol. The first kappa shape index (κ1) is 49.4. The molecule has 4 nitrogen and oxygen atoms in total. The van der Waals surface area contributed by atoms with Crippen LogP contribution in [0.5, 0.6) is 0 Å². The summed E-state index contributed by atoms with van der Waals surface area (Å²) in [7, 11) is 0. The van der Waals surface area contributed by atoms with Gasteiger partial charge in [0.2, 0.25) is 0 Å². The van der Waals surface area contributed by atoms with Crippen LogP contribution in [-0.2, 0) is 5.41 Å². The third kappa shape index (κ3) is 7.03. The highest BCUT2D eigenvalue weighted by Gasteiger charge is 2.52. The number of nitrogens with zero attached hydrogens (tertiary/aromatic N) is 2. The highest BCUT2D eigenvalue weighted by Crippen LogP contribution is 2.65. The number of hydrogen-bond acceptors (Lipinski definition) is 4. The van der Waals surface area contributed by atoms with Gasteiger partial charge in [-0.25, -0.2) is 0 Å². The zero-order valence-corrected chi connectivity index (χ0v) is 48.5. The van der Waals surface area contributed by atoms with Crippen molar-refractivity contribution in [2.45, 2.75) is 58.8 Å². The Morgan fingerprint density at radius 3 is 1.12 bits per heavy atom. The minimum absolute atomic E-state index is 0.294. The summed E-state index contributed by atoms with van der Waals surface area (Å²) in [4.78, 5) is 4.86. The van der Waals surface area contributed by atoms with Gasteiger partial charge in [0.15, 0.2) is 11.2 Å². The van der Waals surface area contributed by atoms with Crippen LogP contribution in [0.3, 0.4) is 0 Å². The third-order valence-corrected chi connectivity index (χ3v) is 18.9. The van der Waals surface area contributed by atoms with Crippen LogP contribution in [0.15, 0.2) is 251 Å². The van der Waals surface area contributed by atoms with Crippen molar-refractivity contribution in [2.24, 2.45) is 0 Å². The van der Waals surface area contributed by atoms with E-state index < -0.39 is 5.41 Å². The Bertz CT molecular complexity index is 5060. The van der Waals surface area contributed by atoms with Crippen LogP contribution in [0.25, 0.3) is 98.4 Å². The molecule has 2 aliphatic carbocycles. The average molecular weight is 1090 g/mol.